The molecule has 0 amide bonds. The molecule has 0 unspecified atom stereocenters. The van der Waals surface area contributed by atoms with Gasteiger partial charge in [-0.3, -0.25) is 0 Å². The van der Waals surface area contributed by atoms with Gasteiger partial charge in [-0.25, -0.2) is 0 Å². The van der Waals surface area contributed by atoms with Gasteiger partial charge in [0.2, 0.25) is 0 Å². The molecule has 2 aliphatic rings. The fraction of sp³-hybridized carbons (Fsp3) is 1.00. The van der Waals surface area contributed by atoms with Gasteiger partial charge >= 0.3 is 0 Å². The Morgan fingerprint density at radius 3 is 2.38 bits per heavy atom. The van der Waals surface area contributed by atoms with E-state index in [1.807, 2.05) is 0 Å². The second-order valence-electron chi connectivity index (χ2n) is 2.24. The lowest BCUT2D eigenvalue weighted by Gasteiger charge is -2.30. The zero-order chi connectivity index (χ0) is 5.56. The fourth-order valence-electron chi connectivity index (χ4n) is 1.10. The first kappa shape index (κ1) is 4.73. The van der Waals surface area contributed by atoms with Gasteiger partial charge in [-0.05, 0) is 0 Å². The van der Waals surface area contributed by atoms with E-state index in [2.05, 4.69) is 0 Å². The smallest absolute Gasteiger partial charge is 0.114 e. The van der Waals surface area contributed by atoms with Crippen LogP contribution >= 0.6 is 0 Å². The summed E-state index contributed by atoms with van der Waals surface area (Å²) in [5.41, 5.74) is 0. The van der Waals surface area contributed by atoms with Crippen LogP contribution in [0.4, 0.5) is 0 Å². The van der Waals surface area contributed by atoms with Crippen LogP contribution in [-0.2, 0) is 9.47 Å². The average molecular weight is 116 g/mol. The summed E-state index contributed by atoms with van der Waals surface area (Å²) in [4.78, 5) is 0. The highest BCUT2D eigenvalue weighted by Crippen LogP contribution is 2.25. The molecule has 0 bridgehead atoms. The maximum atomic E-state index is 8.97. The molecule has 0 aromatic heterocycles. The molecule has 2 fully saturated rings. The molecule has 0 radical (unpaired) electrons. The normalized spacial score (nSPS) is 52.9. The summed E-state index contributed by atoms with van der Waals surface area (Å²) in [6.07, 6.45) is -0.172. The Balaban J connectivity index is 2.05. The Hall–Kier alpha value is -0.120. The van der Waals surface area contributed by atoms with Crippen LogP contribution in [0.1, 0.15) is 0 Å². The van der Waals surface area contributed by atoms with E-state index in [1.54, 1.807) is 0 Å². The monoisotopic (exact) mass is 116 g/mol. The minimum atomic E-state index is -0.367. The van der Waals surface area contributed by atoms with Crippen molar-refractivity contribution in [2.24, 2.45) is 0 Å². The quantitative estimate of drug-likeness (QED) is 0.448. The van der Waals surface area contributed by atoms with Gasteiger partial charge in [-0.2, -0.15) is 0 Å². The Labute approximate surface area is 47.2 Å². The van der Waals surface area contributed by atoms with Gasteiger partial charge in [-0.15, -0.1) is 0 Å². The van der Waals surface area contributed by atoms with E-state index in [0.717, 1.165) is 0 Å². The van der Waals surface area contributed by atoms with Crippen molar-refractivity contribution in [2.45, 2.75) is 18.3 Å². The molecule has 0 saturated carbocycles. The number of hydrogen-bond acceptors (Lipinski definition) is 3. The molecule has 8 heavy (non-hydrogen) atoms. The third kappa shape index (κ3) is 0.438. The van der Waals surface area contributed by atoms with Crippen molar-refractivity contribution in [1.82, 2.24) is 0 Å². The molecule has 0 aromatic carbocycles. The largest absolute Gasteiger partial charge is 0.388 e. The number of rotatable bonds is 0. The zero-order valence-corrected chi connectivity index (χ0v) is 4.41. The molecule has 2 aliphatic heterocycles. The molecular weight excluding hydrogens is 108 g/mol. The third-order valence-corrected chi connectivity index (χ3v) is 1.68. The van der Waals surface area contributed by atoms with E-state index < -0.39 is 0 Å². The van der Waals surface area contributed by atoms with Crippen molar-refractivity contribution < 1.29 is 14.6 Å². The standard InChI is InChI=1S/C5H8O3/c6-3-1-7-4-2-8-5(3)4/h3-6H,1-2H2/t3-,4+,5+/m0/s1. The molecule has 1 N–H and O–H groups in total. The highest BCUT2D eigenvalue weighted by atomic mass is 16.6. The highest BCUT2D eigenvalue weighted by molar-refractivity contribution is 4.90. The lowest BCUT2D eigenvalue weighted by Crippen LogP contribution is -2.46. The van der Waals surface area contributed by atoms with Crippen LogP contribution in [0.15, 0.2) is 0 Å². The molecule has 3 heteroatoms. The van der Waals surface area contributed by atoms with Gasteiger partial charge in [-0.1, -0.05) is 0 Å². The van der Waals surface area contributed by atoms with Crippen molar-refractivity contribution >= 4 is 0 Å². The molecule has 3 nitrogen and oxygen atoms in total. The van der Waals surface area contributed by atoms with E-state index in [0.29, 0.717) is 13.2 Å². The molecular formula is C5H8O3. The first-order chi connectivity index (χ1) is 3.88. The van der Waals surface area contributed by atoms with E-state index in [-0.39, 0.29) is 18.3 Å². The van der Waals surface area contributed by atoms with Crippen LogP contribution in [-0.4, -0.2) is 36.6 Å². The number of hydrogen-bond donors (Lipinski definition) is 1. The van der Waals surface area contributed by atoms with E-state index in [4.69, 9.17) is 14.6 Å². The zero-order valence-electron chi connectivity index (χ0n) is 4.41. The Morgan fingerprint density at radius 2 is 2.12 bits per heavy atom. The first-order valence-electron chi connectivity index (χ1n) is 2.79. The average Bonchev–Trinajstić information content (AvgIpc) is 1.80. The molecule has 2 saturated heterocycles. The number of aliphatic hydroxyl groups excluding tert-OH is 1. The van der Waals surface area contributed by atoms with Crippen LogP contribution in [0, 0.1) is 0 Å². The summed E-state index contributed by atoms with van der Waals surface area (Å²) in [6.45, 7) is 1.12. The second kappa shape index (κ2) is 1.43. The number of aliphatic hydroxyl groups is 1. The summed E-state index contributed by atoms with van der Waals surface area (Å²) in [5, 5.41) is 8.97. The number of ether oxygens (including phenoxy) is 2. The minimum absolute atomic E-state index is 0.00463. The van der Waals surface area contributed by atoms with Crippen LogP contribution in [0.3, 0.4) is 0 Å². The van der Waals surface area contributed by atoms with Crippen molar-refractivity contribution in [3.05, 3.63) is 0 Å². The lowest BCUT2D eigenvalue weighted by atomic mass is 10.1. The van der Waals surface area contributed by atoms with Gasteiger partial charge in [0, 0.05) is 0 Å². The SMILES string of the molecule is O[C@H]1CO[C@@H]2CO[C@H]12. The molecule has 0 aromatic rings. The maximum absolute atomic E-state index is 8.97. The fourth-order valence-corrected chi connectivity index (χ4v) is 1.10. The van der Waals surface area contributed by atoms with E-state index in [1.165, 1.54) is 0 Å². The topological polar surface area (TPSA) is 38.7 Å². The van der Waals surface area contributed by atoms with Crippen LogP contribution in [0.25, 0.3) is 0 Å². The van der Waals surface area contributed by atoms with Gasteiger partial charge < -0.3 is 14.6 Å². The first-order valence-corrected chi connectivity index (χ1v) is 2.79. The second-order valence-corrected chi connectivity index (χ2v) is 2.24. The summed E-state index contributed by atoms with van der Waals surface area (Å²) in [5.74, 6) is 0. The molecule has 0 spiro atoms. The lowest BCUT2D eigenvalue weighted by molar-refractivity contribution is -0.151. The Morgan fingerprint density at radius 1 is 1.25 bits per heavy atom. The summed E-state index contributed by atoms with van der Waals surface area (Å²) in [7, 11) is 0. The summed E-state index contributed by atoms with van der Waals surface area (Å²) in [6, 6.07) is 0. The molecule has 3 atom stereocenters. The Kier molecular flexibility index (Phi) is 0.848. The maximum Gasteiger partial charge on any atom is 0.114 e. The molecule has 2 heterocycles. The van der Waals surface area contributed by atoms with Gasteiger partial charge in [0.1, 0.15) is 18.3 Å². The van der Waals surface area contributed by atoms with Gasteiger partial charge in [0.15, 0.2) is 0 Å². The predicted molar refractivity (Wildman–Crippen MR) is 25.5 cm³/mol. The Bertz CT molecular complexity index is 97.8. The molecule has 2 rings (SSSR count). The van der Waals surface area contributed by atoms with Crippen molar-refractivity contribution in [1.29, 1.82) is 0 Å². The predicted octanol–water partition coefficient (Wildman–Crippen LogP) is -0.855. The van der Waals surface area contributed by atoms with Crippen molar-refractivity contribution in [3.63, 3.8) is 0 Å². The molecule has 0 aliphatic carbocycles. The van der Waals surface area contributed by atoms with E-state index in [9.17, 15) is 0 Å². The van der Waals surface area contributed by atoms with Crippen LogP contribution in [0.2, 0.25) is 0 Å². The van der Waals surface area contributed by atoms with Gasteiger partial charge in [0.05, 0.1) is 13.2 Å². The van der Waals surface area contributed by atoms with Crippen LogP contribution in [0.5, 0.6) is 0 Å². The van der Waals surface area contributed by atoms with E-state index >= 15 is 0 Å². The number of fused-ring (bicyclic) bond motifs is 1. The summed E-state index contributed by atoms with van der Waals surface area (Å²) >= 11 is 0. The highest BCUT2D eigenvalue weighted by Gasteiger charge is 2.44. The van der Waals surface area contributed by atoms with Crippen molar-refractivity contribution in [3.8, 4) is 0 Å². The summed E-state index contributed by atoms with van der Waals surface area (Å²) < 4.78 is 10.1. The third-order valence-electron chi connectivity index (χ3n) is 1.68. The van der Waals surface area contributed by atoms with Gasteiger partial charge in [0.25, 0.3) is 0 Å². The van der Waals surface area contributed by atoms with Crippen LogP contribution < -0.4 is 0 Å². The minimum Gasteiger partial charge on any atom is -0.388 e. The van der Waals surface area contributed by atoms with Crippen molar-refractivity contribution in [2.75, 3.05) is 13.2 Å². The molecule has 46 valence electrons.